The molecule has 3 rings (SSSR count). The number of thioether (sulfide) groups is 1. The molecule has 34 heavy (non-hydrogen) atoms. The van der Waals surface area contributed by atoms with Crippen molar-refractivity contribution in [3.63, 3.8) is 0 Å². The Morgan fingerprint density at radius 2 is 1.85 bits per heavy atom. The molecule has 1 saturated heterocycles. The van der Waals surface area contributed by atoms with Gasteiger partial charge in [0.25, 0.3) is 17.4 Å². The molecule has 1 aliphatic heterocycles. The number of hydrogen-bond donors (Lipinski definition) is 1. The second kappa shape index (κ2) is 10.9. The van der Waals surface area contributed by atoms with Crippen LogP contribution in [0.5, 0.6) is 0 Å². The summed E-state index contributed by atoms with van der Waals surface area (Å²) in [6, 6.07) is 7.55. The summed E-state index contributed by atoms with van der Waals surface area (Å²) in [5, 5.41) is 2.89. The number of pyridine rings is 1. The Kier molecular flexibility index (Phi) is 8.43. The smallest absolute Gasteiger partial charge is 0.381 e. The van der Waals surface area contributed by atoms with Crippen molar-refractivity contribution in [2.45, 2.75) is 47.4 Å². The van der Waals surface area contributed by atoms with Crippen LogP contribution in [0.15, 0.2) is 53.7 Å². The number of alkyl halides is 5. The van der Waals surface area contributed by atoms with Crippen LogP contribution in [0.1, 0.15) is 25.3 Å². The van der Waals surface area contributed by atoms with Gasteiger partial charge in [0.05, 0.1) is 0 Å². The van der Waals surface area contributed by atoms with E-state index in [9.17, 15) is 27.2 Å². The highest BCUT2D eigenvalue weighted by Crippen LogP contribution is 2.39. The fourth-order valence-corrected chi connectivity index (χ4v) is 4.32. The van der Waals surface area contributed by atoms with E-state index in [1.807, 2.05) is 0 Å². The number of benzene rings is 1. The van der Waals surface area contributed by atoms with Crippen LogP contribution in [-0.4, -0.2) is 47.2 Å². The van der Waals surface area contributed by atoms with Crippen LogP contribution in [0.4, 0.5) is 23.2 Å². The summed E-state index contributed by atoms with van der Waals surface area (Å²) < 4.78 is 57.7. The normalized spacial score (nSPS) is 17.5. The molecule has 2 heterocycles. The molecule has 1 N–H and O–H groups in total. The molecule has 1 aliphatic rings. The van der Waals surface area contributed by atoms with Gasteiger partial charge in [0, 0.05) is 47.8 Å². The molecule has 2 amide bonds. The predicted molar refractivity (Wildman–Crippen MR) is 120 cm³/mol. The number of anilines is 1. The second-order valence-corrected chi connectivity index (χ2v) is 9.21. The Labute approximate surface area is 203 Å². The number of hydrogen-bond acceptors (Lipinski definition) is 5. The Bertz CT molecular complexity index is 989. The third-order valence-corrected chi connectivity index (χ3v) is 6.33. The van der Waals surface area contributed by atoms with Crippen LogP contribution in [0.25, 0.3) is 0 Å². The zero-order valence-corrected chi connectivity index (χ0v) is 19.6. The predicted octanol–water partition coefficient (Wildman–Crippen LogP) is 4.77. The lowest BCUT2D eigenvalue weighted by molar-refractivity contribution is -0.132. The molecule has 1 aromatic heterocycles. The summed E-state index contributed by atoms with van der Waals surface area (Å²) in [5.41, 5.74) is -8.57. The highest BCUT2D eigenvalue weighted by atomic mass is 35.5. The maximum atomic E-state index is 14.2. The Balaban J connectivity index is 2.07. The number of nitrogens with zero attached hydrogens (tertiary/aromatic N) is 2. The summed E-state index contributed by atoms with van der Waals surface area (Å²) in [7, 11) is 0. The maximum absolute atomic E-state index is 14.2. The van der Waals surface area contributed by atoms with Crippen molar-refractivity contribution in [1.29, 1.82) is 0 Å². The SMILES string of the molecule is C[C@@](C(=O)NC1CCOCC1)(c1cccnc1)N(C(=O)[C@H](F)Cl)c1ccc(SC(F)(F)F)cc1. The largest absolute Gasteiger partial charge is 0.446 e. The number of carbonyl (C=O) groups is 2. The zero-order chi connectivity index (χ0) is 24.9. The number of ether oxygens (including phenoxy) is 1. The van der Waals surface area contributed by atoms with E-state index in [4.69, 9.17) is 16.3 Å². The number of amides is 2. The fraction of sp³-hybridized carbons (Fsp3) is 0.409. The van der Waals surface area contributed by atoms with Crippen molar-refractivity contribution >= 4 is 40.9 Å². The molecule has 1 fully saturated rings. The van der Waals surface area contributed by atoms with Gasteiger partial charge in [-0.25, -0.2) is 4.39 Å². The van der Waals surface area contributed by atoms with E-state index in [1.165, 1.54) is 31.5 Å². The van der Waals surface area contributed by atoms with E-state index in [-0.39, 0.29) is 34.0 Å². The molecule has 0 aliphatic carbocycles. The molecule has 0 saturated carbocycles. The van der Waals surface area contributed by atoms with E-state index < -0.39 is 28.5 Å². The number of aromatic nitrogens is 1. The van der Waals surface area contributed by atoms with Gasteiger partial charge in [-0.15, -0.1) is 0 Å². The van der Waals surface area contributed by atoms with Gasteiger partial charge in [0.1, 0.15) is 0 Å². The van der Waals surface area contributed by atoms with Gasteiger partial charge in [0.2, 0.25) is 0 Å². The first-order chi connectivity index (χ1) is 16.0. The molecule has 2 atom stereocenters. The molecule has 12 heteroatoms. The first kappa shape index (κ1) is 26.2. The monoisotopic (exact) mass is 519 g/mol. The van der Waals surface area contributed by atoms with Crippen molar-refractivity contribution in [1.82, 2.24) is 10.3 Å². The lowest BCUT2D eigenvalue weighted by Gasteiger charge is -2.41. The van der Waals surface area contributed by atoms with Crippen molar-refractivity contribution in [2.24, 2.45) is 0 Å². The minimum atomic E-state index is -4.51. The lowest BCUT2D eigenvalue weighted by Crippen LogP contribution is -2.60. The van der Waals surface area contributed by atoms with Crippen molar-refractivity contribution in [3.8, 4) is 0 Å². The molecule has 1 aromatic carbocycles. The summed E-state index contributed by atoms with van der Waals surface area (Å²) >= 11 is 5.17. The van der Waals surface area contributed by atoms with Crippen LogP contribution < -0.4 is 10.2 Å². The summed E-state index contributed by atoms with van der Waals surface area (Å²) in [4.78, 5) is 31.4. The molecular formula is C22H22ClF4N3O3S. The van der Waals surface area contributed by atoms with Crippen LogP contribution in [0.2, 0.25) is 0 Å². The highest BCUT2D eigenvalue weighted by Gasteiger charge is 2.47. The van der Waals surface area contributed by atoms with E-state index in [0.717, 1.165) is 17.0 Å². The molecule has 6 nitrogen and oxygen atoms in total. The average molecular weight is 520 g/mol. The lowest BCUT2D eigenvalue weighted by atomic mass is 9.88. The Morgan fingerprint density at radius 3 is 2.38 bits per heavy atom. The van der Waals surface area contributed by atoms with Gasteiger partial charge in [-0.05, 0) is 61.9 Å². The van der Waals surface area contributed by atoms with Crippen LogP contribution in [-0.2, 0) is 19.9 Å². The van der Waals surface area contributed by atoms with Gasteiger partial charge in [0.15, 0.2) is 5.54 Å². The Hall–Kier alpha value is -2.37. The van der Waals surface area contributed by atoms with Crippen LogP contribution >= 0.6 is 23.4 Å². The third-order valence-electron chi connectivity index (χ3n) is 5.41. The third kappa shape index (κ3) is 6.19. The molecule has 0 unspecified atom stereocenters. The van der Waals surface area contributed by atoms with Crippen molar-refractivity contribution < 1.29 is 31.9 Å². The summed E-state index contributed by atoms with van der Waals surface area (Å²) in [6.45, 7) is 2.31. The topological polar surface area (TPSA) is 71.5 Å². The number of rotatable bonds is 7. The molecular weight excluding hydrogens is 498 g/mol. The summed E-state index contributed by atoms with van der Waals surface area (Å²) in [6.07, 6.45) is 3.93. The van der Waals surface area contributed by atoms with E-state index in [0.29, 0.717) is 26.1 Å². The number of halogens is 5. The quantitative estimate of drug-likeness (QED) is 0.324. The minimum Gasteiger partial charge on any atom is -0.381 e. The van der Waals surface area contributed by atoms with Crippen LogP contribution in [0.3, 0.4) is 0 Å². The maximum Gasteiger partial charge on any atom is 0.446 e. The van der Waals surface area contributed by atoms with E-state index in [2.05, 4.69) is 10.3 Å². The van der Waals surface area contributed by atoms with Gasteiger partial charge in [-0.3, -0.25) is 19.5 Å². The first-order valence-corrected chi connectivity index (χ1v) is 11.5. The number of carbonyl (C=O) groups excluding carboxylic acids is 2. The van der Waals surface area contributed by atoms with Crippen molar-refractivity contribution in [3.05, 3.63) is 54.4 Å². The fourth-order valence-electron chi connectivity index (χ4n) is 3.68. The van der Waals surface area contributed by atoms with E-state index >= 15 is 0 Å². The Morgan fingerprint density at radius 1 is 1.21 bits per heavy atom. The average Bonchev–Trinajstić information content (AvgIpc) is 2.80. The molecule has 2 aromatic rings. The van der Waals surface area contributed by atoms with E-state index in [1.54, 1.807) is 12.1 Å². The molecule has 184 valence electrons. The van der Waals surface area contributed by atoms with Gasteiger partial charge in [-0.1, -0.05) is 17.7 Å². The van der Waals surface area contributed by atoms with Gasteiger partial charge < -0.3 is 10.1 Å². The highest BCUT2D eigenvalue weighted by molar-refractivity contribution is 8.00. The molecule has 0 radical (unpaired) electrons. The first-order valence-electron chi connectivity index (χ1n) is 10.3. The number of nitrogens with one attached hydrogen (secondary N) is 1. The summed E-state index contributed by atoms with van der Waals surface area (Å²) in [5.74, 6) is -1.86. The minimum absolute atomic E-state index is 0.00620. The van der Waals surface area contributed by atoms with Gasteiger partial charge >= 0.3 is 5.51 Å². The van der Waals surface area contributed by atoms with Crippen LogP contribution in [0, 0.1) is 0 Å². The molecule has 0 spiro atoms. The van der Waals surface area contributed by atoms with Gasteiger partial charge in [-0.2, -0.15) is 13.2 Å². The van der Waals surface area contributed by atoms with Crippen molar-refractivity contribution in [2.75, 3.05) is 18.1 Å². The molecule has 0 bridgehead atoms. The zero-order valence-electron chi connectivity index (χ0n) is 18.0. The standard InChI is InChI=1S/C22H22ClF4N3O3S/c1-21(14-3-2-10-28-13-14,20(32)29-15-8-11-33-12-9-15)30(19(31)18(23)24)16-4-6-17(7-5-16)34-22(25,26)27/h2-7,10,13,15,18H,8-9,11-12H2,1H3,(H,29,32)/t18-,21-/m0/s1. The second-order valence-electron chi connectivity index (χ2n) is 7.69.